The number of amides is 1. The summed E-state index contributed by atoms with van der Waals surface area (Å²) >= 11 is 0. The van der Waals surface area contributed by atoms with Gasteiger partial charge in [-0.3, -0.25) is 9.89 Å². The molecule has 0 radical (unpaired) electrons. The molecule has 1 aromatic heterocycles. The number of methoxy groups -OCH3 is 1. The van der Waals surface area contributed by atoms with Crippen LogP contribution >= 0.6 is 0 Å². The van der Waals surface area contributed by atoms with Gasteiger partial charge in [0.2, 0.25) is 0 Å². The van der Waals surface area contributed by atoms with Crippen molar-refractivity contribution in [3.05, 3.63) is 71.5 Å². The Labute approximate surface area is 163 Å². The van der Waals surface area contributed by atoms with Crippen molar-refractivity contribution in [2.24, 2.45) is 0 Å². The molecule has 1 aliphatic heterocycles. The highest BCUT2D eigenvalue weighted by Crippen LogP contribution is 2.43. The van der Waals surface area contributed by atoms with Crippen molar-refractivity contribution in [1.82, 2.24) is 15.1 Å². The topological polar surface area (TPSA) is 78.5 Å². The highest BCUT2D eigenvalue weighted by atomic mass is 16.5. The average molecular weight is 377 g/mol. The second-order valence-corrected chi connectivity index (χ2v) is 6.98. The third-order valence-corrected chi connectivity index (χ3v) is 5.44. The second-order valence-electron chi connectivity index (χ2n) is 6.98. The van der Waals surface area contributed by atoms with E-state index in [1.807, 2.05) is 60.5 Å². The van der Waals surface area contributed by atoms with Crippen molar-refractivity contribution in [2.75, 3.05) is 13.7 Å². The van der Waals surface area contributed by atoms with E-state index in [0.717, 1.165) is 28.0 Å². The van der Waals surface area contributed by atoms with Gasteiger partial charge < -0.3 is 14.7 Å². The smallest absolute Gasteiger partial charge is 0.255 e. The normalized spacial score (nSPS) is 16.9. The fraction of sp³-hybridized carbons (Fsp3) is 0.273. The standard InChI is InChI=1S/C22H23N3O3/c1-14(15-4-3-5-18(10-15)28-2)25-21(8-9-26)19-7-6-16(11-20(19)22(25)27)17-12-23-24-13-17/h3-7,10-14,21,26H,8-9H2,1-2H3,(H,23,24)/t14-,21?/m1/s1. The summed E-state index contributed by atoms with van der Waals surface area (Å²) in [6.45, 7) is 2.03. The van der Waals surface area contributed by atoms with Crippen molar-refractivity contribution in [2.45, 2.75) is 25.4 Å². The van der Waals surface area contributed by atoms with Crippen LogP contribution in [-0.2, 0) is 0 Å². The summed E-state index contributed by atoms with van der Waals surface area (Å²) in [4.78, 5) is 15.2. The second kappa shape index (κ2) is 7.48. The third-order valence-electron chi connectivity index (χ3n) is 5.44. The van der Waals surface area contributed by atoms with Crippen LogP contribution in [-0.4, -0.2) is 39.8 Å². The summed E-state index contributed by atoms with van der Waals surface area (Å²) in [6.07, 6.45) is 4.05. The zero-order valence-electron chi connectivity index (χ0n) is 15.9. The fourth-order valence-corrected chi connectivity index (χ4v) is 3.98. The Morgan fingerprint density at radius 3 is 2.82 bits per heavy atom. The monoisotopic (exact) mass is 377 g/mol. The van der Waals surface area contributed by atoms with Gasteiger partial charge >= 0.3 is 0 Å². The number of carbonyl (C=O) groups is 1. The lowest BCUT2D eigenvalue weighted by Gasteiger charge is -2.31. The quantitative estimate of drug-likeness (QED) is 0.686. The summed E-state index contributed by atoms with van der Waals surface area (Å²) in [5, 5.41) is 16.4. The van der Waals surface area contributed by atoms with Crippen LogP contribution in [0.25, 0.3) is 11.1 Å². The van der Waals surface area contributed by atoms with Crippen LogP contribution in [0.5, 0.6) is 5.75 Å². The van der Waals surface area contributed by atoms with Gasteiger partial charge in [0.05, 0.1) is 25.4 Å². The van der Waals surface area contributed by atoms with E-state index < -0.39 is 0 Å². The van der Waals surface area contributed by atoms with Gasteiger partial charge in [-0.15, -0.1) is 0 Å². The fourth-order valence-electron chi connectivity index (χ4n) is 3.98. The number of benzene rings is 2. The van der Waals surface area contributed by atoms with Crippen LogP contribution < -0.4 is 4.74 Å². The molecule has 28 heavy (non-hydrogen) atoms. The molecule has 1 amide bonds. The molecule has 0 fully saturated rings. The Bertz CT molecular complexity index is 984. The van der Waals surface area contributed by atoms with E-state index in [-0.39, 0.29) is 24.6 Å². The van der Waals surface area contributed by atoms with Gasteiger partial charge in [0, 0.05) is 23.9 Å². The van der Waals surface area contributed by atoms with E-state index in [0.29, 0.717) is 12.0 Å². The van der Waals surface area contributed by atoms with E-state index in [1.54, 1.807) is 13.3 Å². The SMILES string of the molecule is COc1cccc([C@@H](C)N2C(=O)c3cc(-c4cn[nH]c4)ccc3C2CCO)c1. The molecule has 1 unspecified atom stereocenters. The molecule has 1 aliphatic rings. The van der Waals surface area contributed by atoms with Gasteiger partial charge in [-0.2, -0.15) is 5.10 Å². The average Bonchev–Trinajstić information content (AvgIpc) is 3.35. The number of hydrogen-bond donors (Lipinski definition) is 2. The molecule has 0 aliphatic carbocycles. The van der Waals surface area contributed by atoms with Gasteiger partial charge in [0.25, 0.3) is 5.91 Å². The number of aromatic nitrogens is 2. The maximum atomic E-state index is 13.4. The lowest BCUT2D eigenvalue weighted by molar-refractivity contribution is 0.0611. The van der Waals surface area contributed by atoms with Crippen molar-refractivity contribution >= 4 is 5.91 Å². The molecule has 3 aromatic rings. The molecule has 0 bridgehead atoms. The number of nitrogens with zero attached hydrogens (tertiary/aromatic N) is 2. The Morgan fingerprint density at radius 1 is 1.25 bits per heavy atom. The van der Waals surface area contributed by atoms with Gasteiger partial charge in [-0.1, -0.05) is 24.3 Å². The van der Waals surface area contributed by atoms with E-state index in [1.165, 1.54) is 0 Å². The Hall–Kier alpha value is -3.12. The van der Waals surface area contributed by atoms with Gasteiger partial charge in [0.15, 0.2) is 0 Å². The molecular weight excluding hydrogens is 354 g/mol. The van der Waals surface area contributed by atoms with Crippen molar-refractivity contribution in [3.8, 4) is 16.9 Å². The molecule has 0 spiro atoms. The predicted octanol–water partition coefficient (Wildman–Crippen LogP) is 3.73. The van der Waals surface area contributed by atoms with Crippen LogP contribution in [0.4, 0.5) is 0 Å². The van der Waals surface area contributed by atoms with E-state index in [9.17, 15) is 9.90 Å². The minimum Gasteiger partial charge on any atom is -0.497 e. The van der Waals surface area contributed by atoms with E-state index in [2.05, 4.69) is 10.2 Å². The van der Waals surface area contributed by atoms with Crippen LogP contribution in [0.3, 0.4) is 0 Å². The highest BCUT2D eigenvalue weighted by Gasteiger charge is 2.39. The van der Waals surface area contributed by atoms with Gasteiger partial charge in [0.1, 0.15) is 5.75 Å². The molecule has 144 valence electrons. The molecule has 2 N–H and O–H groups in total. The Morgan fingerprint density at radius 2 is 2.11 bits per heavy atom. The summed E-state index contributed by atoms with van der Waals surface area (Å²) < 4.78 is 5.34. The third kappa shape index (κ3) is 3.05. The number of rotatable bonds is 6. The molecule has 6 nitrogen and oxygen atoms in total. The number of hydrogen-bond acceptors (Lipinski definition) is 4. The molecule has 2 heterocycles. The Kier molecular flexibility index (Phi) is 4.88. The molecule has 2 aromatic carbocycles. The summed E-state index contributed by atoms with van der Waals surface area (Å²) in [7, 11) is 1.63. The Balaban J connectivity index is 1.73. The van der Waals surface area contributed by atoms with Crippen LogP contribution in [0, 0.1) is 0 Å². The lowest BCUT2D eigenvalue weighted by atomic mass is 9.97. The molecule has 0 saturated heterocycles. The first-order valence-corrected chi connectivity index (χ1v) is 9.34. The first-order valence-electron chi connectivity index (χ1n) is 9.34. The number of aliphatic hydroxyl groups excluding tert-OH is 1. The van der Waals surface area contributed by atoms with Crippen LogP contribution in [0.2, 0.25) is 0 Å². The maximum Gasteiger partial charge on any atom is 0.255 e. The van der Waals surface area contributed by atoms with Crippen molar-refractivity contribution in [1.29, 1.82) is 0 Å². The molecule has 2 atom stereocenters. The number of H-pyrrole nitrogens is 1. The zero-order chi connectivity index (χ0) is 19.7. The van der Waals surface area contributed by atoms with Gasteiger partial charge in [-0.25, -0.2) is 0 Å². The summed E-state index contributed by atoms with van der Waals surface area (Å²) in [6, 6.07) is 13.4. The molecule has 4 rings (SSSR count). The first kappa shape index (κ1) is 18.3. The molecule has 6 heteroatoms. The maximum absolute atomic E-state index is 13.4. The van der Waals surface area contributed by atoms with E-state index >= 15 is 0 Å². The molecule has 0 saturated carbocycles. The van der Waals surface area contributed by atoms with E-state index in [4.69, 9.17) is 4.74 Å². The lowest BCUT2D eigenvalue weighted by Crippen LogP contribution is -2.31. The van der Waals surface area contributed by atoms with Crippen LogP contribution in [0.1, 0.15) is 46.9 Å². The van der Waals surface area contributed by atoms with Crippen molar-refractivity contribution in [3.63, 3.8) is 0 Å². The summed E-state index contributed by atoms with van der Waals surface area (Å²) in [5.41, 5.74) is 4.53. The largest absolute Gasteiger partial charge is 0.497 e. The van der Waals surface area contributed by atoms with Gasteiger partial charge in [-0.05, 0) is 48.2 Å². The minimum absolute atomic E-state index is 0.0161. The number of aromatic amines is 1. The number of carbonyl (C=O) groups excluding carboxylic acids is 1. The number of ether oxygens (including phenoxy) is 1. The number of fused-ring (bicyclic) bond motifs is 1. The predicted molar refractivity (Wildman–Crippen MR) is 106 cm³/mol. The zero-order valence-corrected chi connectivity index (χ0v) is 15.9. The molecular formula is C22H23N3O3. The minimum atomic E-state index is -0.160. The first-order chi connectivity index (χ1) is 13.6. The van der Waals surface area contributed by atoms with Crippen molar-refractivity contribution < 1.29 is 14.6 Å². The summed E-state index contributed by atoms with van der Waals surface area (Å²) in [5.74, 6) is 0.739. The highest BCUT2D eigenvalue weighted by molar-refractivity contribution is 6.00. The number of nitrogens with one attached hydrogen (secondary N) is 1. The number of aliphatic hydroxyl groups is 1. The van der Waals surface area contributed by atoms with Crippen LogP contribution in [0.15, 0.2) is 54.9 Å².